The smallest absolute Gasteiger partial charge is 0.249 e. The van der Waals surface area contributed by atoms with Crippen molar-refractivity contribution >= 4 is 27.5 Å². The first-order valence-corrected chi connectivity index (χ1v) is 11.0. The summed E-state index contributed by atoms with van der Waals surface area (Å²) in [5.41, 5.74) is 7.39. The molecule has 150 valence electrons. The fourth-order valence-corrected chi connectivity index (χ4v) is 4.83. The summed E-state index contributed by atoms with van der Waals surface area (Å²) in [5.74, 6) is -0.634. The number of carbonyl (C=O) groups is 1. The van der Waals surface area contributed by atoms with Crippen LogP contribution in [0, 0.1) is 6.92 Å². The Labute approximate surface area is 170 Å². The molecule has 28 heavy (non-hydrogen) atoms. The van der Waals surface area contributed by atoms with Gasteiger partial charge in [-0.05, 0) is 55.2 Å². The van der Waals surface area contributed by atoms with Crippen LogP contribution in [0.4, 0.5) is 0 Å². The molecule has 1 heterocycles. The summed E-state index contributed by atoms with van der Waals surface area (Å²) >= 11 is 5.92. The van der Waals surface area contributed by atoms with E-state index < -0.39 is 15.9 Å². The average Bonchev–Trinajstić information content (AvgIpc) is 2.65. The number of primary amides is 1. The maximum Gasteiger partial charge on any atom is 0.249 e. The van der Waals surface area contributed by atoms with Crippen LogP contribution in [0.3, 0.4) is 0 Å². The Balaban J connectivity index is 1.60. The van der Waals surface area contributed by atoms with E-state index >= 15 is 0 Å². The number of amides is 1. The van der Waals surface area contributed by atoms with Crippen LogP contribution in [-0.2, 0) is 16.6 Å². The number of hydrogen-bond donors (Lipinski definition) is 2. The van der Waals surface area contributed by atoms with Gasteiger partial charge < -0.3 is 5.73 Å². The van der Waals surface area contributed by atoms with Crippen LogP contribution in [0.15, 0.2) is 47.4 Å². The van der Waals surface area contributed by atoms with Gasteiger partial charge in [-0.15, -0.1) is 0 Å². The summed E-state index contributed by atoms with van der Waals surface area (Å²) in [6.45, 7) is 4.14. The standard InChI is InChI=1S/C20H24ClN3O3S/c1-14-2-7-18(12-19(14)20(22)25)28(26,27)23-17-8-10-24(11-9-17)13-15-3-5-16(21)6-4-15/h2-7,12,17,23H,8-11,13H2,1H3,(H2,22,25). The highest BCUT2D eigenvalue weighted by atomic mass is 35.5. The molecule has 0 aliphatic carbocycles. The molecule has 6 nitrogen and oxygen atoms in total. The number of carbonyl (C=O) groups excluding carboxylic acids is 1. The minimum Gasteiger partial charge on any atom is -0.366 e. The number of nitrogens with one attached hydrogen (secondary N) is 1. The highest BCUT2D eigenvalue weighted by Crippen LogP contribution is 2.19. The van der Waals surface area contributed by atoms with Gasteiger partial charge in [0.1, 0.15) is 0 Å². The molecule has 0 unspecified atom stereocenters. The maximum absolute atomic E-state index is 12.7. The van der Waals surface area contributed by atoms with E-state index in [4.69, 9.17) is 17.3 Å². The zero-order valence-electron chi connectivity index (χ0n) is 15.7. The number of nitrogens with zero attached hydrogens (tertiary/aromatic N) is 1. The molecule has 0 aromatic heterocycles. The lowest BCUT2D eigenvalue weighted by Crippen LogP contribution is -2.44. The number of piperidine rings is 1. The predicted octanol–water partition coefficient (Wildman–Crippen LogP) is 2.69. The van der Waals surface area contributed by atoms with Crippen LogP contribution in [0.5, 0.6) is 0 Å². The third-order valence-electron chi connectivity index (χ3n) is 5.01. The van der Waals surface area contributed by atoms with Crippen molar-refractivity contribution < 1.29 is 13.2 Å². The predicted molar refractivity (Wildman–Crippen MR) is 110 cm³/mol. The second-order valence-electron chi connectivity index (χ2n) is 7.14. The molecule has 8 heteroatoms. The van der Waals surface area contributed by atoms with Crippen molar-refractivity contribution in [3.05, 3.63) is 64.2 Å². The fourth-order valence-electron chi connectivity index (χ4n) is 3.38. The summed E-state index contributed by atoms with van der Waals surface area (Å²) in [4.78, 5) is 13.9. The quantitative estimate of drug-likeness (QED) is 0.749. The van der Waals surface area contributed by atoms with Gasteiger partial charge in [0.15, 0.2) is 0 Å². The molecule has 2 aromatic rings. The van der Waals surface area contributed by atoms with Crippen molar-refractivity contribution in [2.75, 3.05) is 13.1 Å². The highest BCUT2D eigenvalue weighted by molar-refractivity contribution is 7.89. The molecule has 1 aliphatic heterocycles. The Morgan fingerprint density at radius 3 is 2.43 bits per heavy atom. The Bertz CT molecular complexity index is 953. The lowest BCUT2D eigenvalue weighted by molar-refractivity contribution is 0.0999. The molecule has 2 aromatic carbocycles. The molecular formula is C20H24ClN3O3S. The van der Waals surface area contributed by atoms with Crippen LogP contribution in [0.25, 0.3) is 0 Å². The van der Waals surface area contributed by atoms with Crippen molar-refractivity contribution in [3.63, 3.8) is 0 Å². The van der Waals surface area contributed by atoms with Gasteiger partial charge in [-0.1, -0.05) is 29.8 Å². The SMILES string of the molecule is Cc1ccc(S(=O)(=O)NC2CCN(Cc3ccc(Cl)cc3)CC2)cc1C(N)=O. The van der Waals surface area contributed by atoms with Crippen molar-refractivity contribution in [2.24, 2.45) is 5.73 Å². The van der Waals surface area contributed by atoms with E-state index in [0.717, 1.165) is 32.5 Å². The minimum atomic E-state index is -3.70. The number of halogens is 1. The lowest BCUT2D eigenvalue weighted by atomic mass is 10.1. The number of rotatable bonds is 6. The van der Waals surface area contributed by atoms with E-state index in [1.807, 2.05) is 24.3 Å². The van der Waals surface area contributed by atoms with E-state index in [2.05, 4.69) is 9.62 Å². The zero-order valence-corrected chi connectivity index (χ0v) is 17.3. The van der Waals surface area contributed by atoms with Gasteiger partial charge in [0.05, 0.1) is 4.90 Å². The highest BCUT2D eigenvalue weighted by Gasteiger charge is 2.25. The number of hydrogen-bond acceptors (Lipinski definition) is 4. The van der Waals surface area contributed by atoms with Gasteiger partial charge in [0, 0.05) is 36.3 Å². The average molecular weight is 422 g/mol. The molecule has 0 bridgehead atoms. The van der Waals surface area contributed by atoms with Crippen LogP contribution in [-0.4, -0.2) is 38.4 Å². The Hall–Kier alpha value is -1.93. The first-order chi connectivity index (χ1) is 13.2. The summed E-state index contributed by atoms with van der Waals surface area (Å²) in [6.07, 6.45) is 1.45. The Kier molecular flexibility index (Phi) is 6.40. The molecule has 1 fully saturated rings. The van der Waals surface area contributed by atoms with E-state index in [-0.39, 0.29) is 16.5 Å². The molecule has 0 saturated carbocycles. The Morgan fingerprint density at radius 2 is 1.82 bits per heavy atom. The second-order valence-corrected chi connectivity index (χ2v) is 9.29. The van der Waals surface area contributed by atoms with E-state index in [1.54, 1.807) is 13.0 Å². The second kappa shape index (κ2) is 8.61. The Morgan fingerprint density at radius 1 is 1.18 bits per heavy atom. The topological polar surface area (TPSA) is 92.5 Å². The van der Waals surface area contributed by atoms with Crippen molar-refractivity contribution in [1.29, 1.82) is 0 Å². The monoisotopic (exact) mass is 421 g/mol. The first-order valence-electron chi connectivity index (χ1n) is 9.14. The molecule has 3 N–H and O–H groups in total. The van der Waals surface area contributed by atoms with Gasteiger partial charge in [0.2, 0.25) is 15.9 Å². The molecule has 0 radical (unpaired) electrons. The molecule has 1 saturated heterocycles. The summed E-state index contributed by atoms with van der Waals surface area (Å²) in [7, 11) is -3.70. The fraction of sp³-hybridized carbons (Fsp3) is 0.350. The van der Waals surface area contributed by atoms with Gasteiger partial charge in [-0.3, -0.25) is 9.69 Å². The van der Waals surface area contributed by atoms with Gasteiger partial charge >= 0.3 is 0 Å². The van der Waals surface area contributed by atoms with Gasteiger partial charge in [-0.2, -0.15) is 0 Å². The molecule has 1 aliphatic rings. The number of likely N-dealkylation sites (tertiary alicyclic amines) is 1. The van der Waals surface area contributed by atoms with Gasteiger partial charge in [0.25, 0.3) is 0 Å². The molecule has 0 atom stereocenters. The molecule has 3 rings (SSSR count). The first kappa shape index (κ1) is 20.8. The van der Waals surface area contributed by atoms with Crippen LogP contribution in [0.1, 0.15) is 34.3 Å². The number of nitrogens with two attached hydrogens (primary N) is 1. The normalized spacial score (nSPS) is 16.2. The van der Waals surface area contributed by atoms with E-state index in [9.17, 15) is 13.2 Å². The third kappa shape index (κ3) is 5.11. The van der Waals surface area contributed by atoms with Crippen LogP contribution in [0.2, 0.25) is 5.02 Å². The van der Waals surface area contributed by atoms with Crippen LogP contribution >= 0.6 is 11.6 Å². The van der Waals surface area contributed by atoms with Crippen molar-refractivity contribution in [1.82, 2.24) is 9.62 Å². The lowest BCUT2D eigenvalue weighted by Gasteiger charge is -2.32. The van der Waals surface area contributed by atoms with Gasteiger partial charge in [-0.25, -0.2) is 13.1 Å². The summed E-state index contributed by atoms with van der Waals surface area (Å²) in [5, 5.41) is 0.715. The van der Waals surface area contributed by atoms with Crippen molar-refractivity contribution in [3.8, 4) is 0 Å². The number of aryl methyl sites for hydroxylation is 1. The summed E-state index contributed by atoms with van der Waals surface area (Å²) < 4.78 is 28.2. The molecule has 0 spiro atoms. The van der Waals surface area contributed by atoms with E-state index in [1.165, 1.54) is 17.7 Å². The zero-order chi connectivity index (χ0) is 20.3. The third-order valence-corrected chi connectivity index (χ3v) is 6.78. The van der Waals surface area contributed by atoms with E-state index in [0.29, 0.717) is 10.6 Å². The molecular weight excluding hydrogens is 398 g/mol. The largest absolute Gasteiger partial charge is 0.366 e. The maximum atomic E-state index is 12.7. The van der Waals surface area contributed by atoms with Crippen LogP contribution < -0.4 is 10.5 Å². The number of benzene rings is 2. The summed E-state index contributed by atoms with van der Waals surface area (Å²) in [6, 6.07) is 12.1. The number of sulfonamides is 1. The molecule has 1 amide bonds. The minimum absolute atomic E-state index is 0.0653. The van der Waals surface area contributed by atoms with Crippen molar-refractivity contribution in [2.45, 2.75) is 37.2 Å².